The molecule has 1 saturated heterocycles. The minimum atomic E-state index is -0.758. The van der Waals surface area contributed by atoms with Crippen molar-refractivity contribution in [2.45, 2.75) is 32.9 Å². The van der Waals surface area contributed by atoms with Crippen LogP contribution in [-0.2, 0) is 9.59 Å². The van der Waals surface area contributed by atoms with E-state index in [9.17, 15) is 14.7 Å². The molecule has 0 radical (unpaired) electrons. The van der Waals surface area contributed by atoms with Crippen molar-refractivity contribution in [2.75, 3.05) is 4.90 Å². The van der Waals surface area contributed by atoms with Gasteiger partial charge in [0.15, 0.2) is 0 Å². The fourth-order valence-electron chi connectivity index (χ4n) is 3.87. The van der Waals surface area contributed by atoms with E-state index in [0.29, 0.717) is 22.6 Å². The molecule has 1 amide bonds. The molecule has 0 spiro atoms. The largest absolute Gasteiger partial charge is 0.507 e. The van der Waals surface area contributed by atoms with Gasteiger partial charge in [0.05, 0.1) is 17.7 Å². The highest BCUT2D eigenvalue weighted by Crippen LogP contribution is 2.42. The number of anilines is 1. The quantitative estimate of drug-likeness (QED) is 0.336. The molecule has 162 valence electrons. The Morgan fingerprint density at radius 1 is 0.906 bits per heavy atom. The molecule has 3 aromatic rings. The standard InChI is InChI=1S/C27H25NO4/c1-17(2)32-22-15-13-19(14-16-22)24-23(25(29)20-11-9-18(3)10-12-20)26(30)27(31)28(24)21-7-5-4-6-8-21/h4-17,24,29H,1-3H3/b25-23-. The van der Waals surface area contributed by atoms with Crippen molar-refractivity contribution in [3.8, 4) is 5.75 Å². The van der Waals surface area contributed by atoms with Crippen molar-refractivity contribution < 1.29 is 19.4 Å². The lowest BCUT2D eigenvalue weighted by Crippen LogP contribution is -2.29. The molecule has 1 heterocycles. The van der Waals surface area contributed by atoms with Gasteiger partial charge in [-0.2, -0.15) is 0 Å². The molecule has 1 aliphatic heterocycles. The Hall–Kier alpha value is -3.86. The van der Waals surface area contributed by atoms with Gasteiger partial charge in [-0.1, -0.05) is 60.2 Å². The number of Topliss-reactive ketones (excluding diaryl/α,β-unsaturated/α-hetero) is 1. The number of benzene rings is 3. The van der Waals surface area contributed by atoms with E-state index in [0.717, 1.165) is 5.56 Å². The summed E-state index contributed by atoms with van der Waals surface area (Å²) < 4.78 is 5.73. The number of amides is 1. The van der Waals surface area contributed by atoms with E-state index in [-0.39, 0.29) is 17.4 Å². The van der Waals surface area contributed by atoms with E-state index in [4.69, 9.17) is 4.74 Å². The van der Waals surface area contributed by atoms with Crippen molar-refractivity contribution in [3.05, 3.63) is 101 Å². The van der Waals surface area contributed by atoms with Crippen LogP contribution in [0.4, 0.5) is 5.69 Å². The predicted octanol–water partition coefficient (Wildman–Crippen LogP) is 5.41. The number of nitrogens with zero attached hydrogens (tertiary/aromatic N) is 1. The minimum Gasteiger partial charge on any atom is -0.507 e. The topological polar surface area (TPSA) is 66.8 Å². The maximum absolute atomic E-state index is 13.1. The summed E-state index contributed by atoms with van der Waals surface area (Å²) >= 11 is 0. The first-order valence-corrected chi connectivity index (χ1v) is 10.6. The molecule has 0 saturated carbocycles. The summed E-state index contributed by atoms with van der Waals surface area (Å²) in [5, 5.41) is 11.1. The third-order valence-corrected chi connectivity index (χ3v) is 5.37. The van der Waals surface area contributed by atoms with Crippen LogP contribution in [0.2, 0.25) is 0 Å². The Bertz CT molecular complexity index is 1160. The molecule has 3 aromatic carbocycles. The summed E-state index contributed by atoms with van der Waals surface area (Å²) in [4.78, 5) is 27.7. The summed E-state index contributed by atoms with van der Waals surface area (Å²) in [7, 11) is 0. The molecule has 5 nitrogen and oxygen atoms in total. The zero-order valence-electron chi connectivity index (χ0n) is 18.3. The average molecular weight is 428 g/mol. The molecule has 1 unspecified atom stereocenters. The third kappa shape index (κ3) is 4.02. The molecule has 1 aliphatic rings. The monoisotopic (exact) mass is 427 g/mol. The maximum Gasteiger partial charge on any atom is 0.300 e. The van der Waals surface area contributed by atoms with Gasteiger partial charge in [0.1, 0.15) is 11.5 Å². The van der Waals surface area contributed by atoms with E-state index in [1.54, 1.807) is 24.3 Å². The van der Waals surface area contributed by atoms with Crippen molar-refractivity contribution in [2.24, 2.45) is 0 Å². The van der Waals surface area contributed by atoms with Crippen LogP contribution in [0.3, 0.4) is 0 Å². The lowest BCUT2D eigenvalue weighted by atomic mass is 9.95. The first-order valence-electron chi connectivity index (χ1n) is 10.6. The van der Waals surface area contributed by atoms with E-state index in [2.05, 4.69) is 0 Å². The smallest absolute Gasteiger partial charge is 0.300 e. The van der Waals surface area contributed by atoms with Crippen LogP contribution in [0.1, 0.15) is 36.6 Å². The second-order valence-corrected chi connectivity index (χ2v) is 8.11. The molecule has 0 aliphatic carbocycles. The number of hydrogen-bond acceptors (Lipinski definition) is 4. The molecular weight excluding hydrogens is 402 g/mol. The van der Waals surface area contributed by atoms with Gasteiger partial charge in [-0.25, -0.2) is 0 Å². The Morgan fingerprint density at radius 2 is 1.53 bits per heavy atom. The molecule has 1 N–H and O–H groups in total. The number of ether oxygens (including phenoxy) is 1. The number of aliphatic hydroxyl groups is 1. The normalized spacial score (nSPS) is 17.8. The molecule has 4 rings (SSSR count). The van der Waals surface area contributed by atoms with Crippen LogP contribution in [0.25, 0.3) is 5.76 Å². The van der Waals surface area contributed by atoms with Crippen molar-refractivity contribution in [3.63, 3.8) is 0 Å². The van der Waals surface area contributed by atoms with Gasteiger partial charge in [0.25, 0.3) is 11.7 Å². The zero-order chi connectivity index (χ0) is 22.8. The summed E-state index contributed by atoms with van der Waals surface area (Å²) in [6.07, 6.45) is 0.0253. The summed E-state index contributed by atoms with van der Waals surface area (Å²) in [5.74, 6) is -0.870. The van der Waals surface area contributed by atoms with Crippen LogP contribution in [-0.4, -0.2) is 22.9 Å². The third-order valence-electron chi connectivity index (χ3n) is 5.37. The van der Waals surface area contributed by atoms with Gasteiger partial charge in [-0.05, 0) is 50.6 Å². The number of carbonyl (C=O) groups is 2. The Kier molecular flexibility index (Phi) is 5.82. The molecule has 5 heteroatoms. The van der Waals surface area contributed by atoms with Crippen LogP contribution in [0.5, 0.6) is 5.75 Å². The Labute approximate surface area is 187 Å². The van der Waals surface area contributed by atoms with Crippen molar-refractivity contribution in [1.29, 1.82) is 0 Å². The molecule has 1 fully saturated rings. The highest BCUT2D eigenvalue weighted by atomic mass is 16.5. The van der Waals surface area contributed by atoms with E-state index in [1.165, 1.54) is 4.90 Å². The number of hydrogen-bond donors (Lipinski definition) is 1. The summed E-state index contributed by atoms with van der Waals surface area (Å²) in [6.45, 7) is 5.83. The number of aryl methyl sites for hydroxylation is 1. The van der Waals surface area contributed by atoms with E-state index in [1.807, 2.05) is 75.4 Å². The summed E-state index contributed by atoms with van der Waals surface area (Å²) in [6, 6.07) is 22.8. The minimum absolute atomic E-state index is 0.0253. The zero-order valence-corrected chi connectivity index (χ0v) is 18.3. The van der Waals surface area contributed by atoms with Gasteiger partial charge in [-0.15, -0.1) is 0 Å². The molecule has 32 heavy (non-hydrogen) atoms. The van der Waals surface area contributed by atoms with Crippen molar-refractivity contribution >= 4 is 23.1 Å². The maximum atomic E-state index is 13.1. The summed E-state index contributed by atoms with van der Waals surface area (Å²) in [5.41, 5.74) is 2.89. The number of rotatable bonds is 5. The van der Waals surface area contributed by atoms with Crippen LogP contribution in [0, 0.1) is 6.92 Å². The van der Waals surface area contributed by atoms with Crippen LogP contribution >= 0.6 is 0 Å². The van der Waals surface area contributed by atoms with Crippen molar-refractivity contribution in [1.82, 2.24) is 0 Å². The van der Waals surface area contributed by atoms with E-state index >= 15 is 0 Å². The molecule has 0 bridgehead atoms. The lowest BCUT2D eigenvalue weighted by Gasteiger charge is -2.25. The first-order chi connectivity index (χ1) is 15.4. The lowest BCUT2D eigenvalue weighted by molar-refractivity contribution is -0.132. The van der Waals surface area contributed by atoms with Crippen LogP contribution < -0.4 is 9.64 Å². The SMILES string of the molecule is Cc1ccc(/C(O)=C2/C(=O)C(=O)N(c3ccccc3)C2c2ccc(OC(C)C)cc2)cc1. The highest BCUT2D eigenvalue weighted by Gasteiger charge is 2.46. The fraction of sp³-hybridized carbons (Fsp3) is 0.185. The Balaban J connectivity index is 1.87. The molecular formula is C27H25NO4. The van der Waals surface area contributed by atoms with Gasteiger partial charge in [-0.3, -0.25) is 14.5 Å². The van der Waals surface area contributed by atoms with Gasteiger partial charge >= 0.3 is 0 Å². The second-order valence-electron chi connectivity index (χ2n) is 8.11. The highest BCUT2D eigenvalue weighted by molar-refractivity contribution is 6.51. The van der Waals surface area contributed by atoms with Gasteiger partial charge in [0.2, 0.25) is 0 Å². The number of ketones is 1. The van der Waals surface area contributed by atoms with Crippen LogP contribution in [0.15, 0.2) is 84.4 Å². The van der Waals surface area contributed by atoms with Gasteiger partial charge < -0.3 is 9.84 Å². The Morgan fingerprint density at radius 3 is 2.12 bits per heavy atom. The van der Waals surface area contributed by atoms with Gasteiger partial charge in [0, 0.05) is 11.3 Å². The fourth-order valence-corrected chi connectivity index (χ4v) is 3.87. The molecule has 1 atom stereocenters. The van der Waals surface area contributed by atoms with E-state index < -0.39 is 17.7 Å². The number of carbonyl (C=O) groups excluding carboxylic acids is 2. The average Bonchev–Trinajstić information content (AvgIpc) is 3.05. The number of para-hydroxylation sites is 1. The first kappa shape index (κ1) is 21.4. The predicted molar refractivity (Wildman–Crippen MR) is 125 cm³/mol. The number of aliphatic hydroxyl groups excluding tert-OH is 1. The molecule has 0 aromatic heterocycles. The second kappa shape index (κ2) is 8.71.